The molecule has 0 N–H and O–H groups in total. The monoisotopic (exact) mass is 186 g/mol. The number of carbonyl (C=O) groups excluding carboxylic acids is 4. The Hall–Kier alpha value is -1.32. The second-order valence-electron chi connectivity index (χ2n) is 2.38. The first-order valence-electron chi connectivity index (χ1n) is 3.95. The number of ketones is 2. The van der Waals surface area contributed by atoms with Crippen molar-refractivity contribution < 1.29 is 19.2 Å². The van der Waals surface area contributed by atoms with Gasteiger partial charge in [0.15, 0.2) is 11.6 Å². The molecule has 0 radical (unpaired) electrons. The zero-order valence-electron chi connectivity index (χ0n) is 7.91. The fraction of sp³-hybridized carbons (Fsp3) is 0.556. The molecule has 13 heavy (non-hydrogen) atoms. The third-order valence-electron chi connectivity index (χ3n) is 1.14. The second-order valence-corrected chi connectivity index (χ2v) is 2.38. The van der Waals surface area contributed by atoms with E-state index in [9.17, 15) is 19.2 Å². The molecule has 0 heterocycles. The van der Waals surface area contributed by atoms with Crippen molar-refractivity contribution in [2.75, 3.05) is 0 Å². The summed E-state index contributed by atoms with van der Waals surface area (Å²) in [5.41, 5.74) is 0. The Bertz CT molecular complexity index is 164. The Morgan fingerprint density at radius 1 is 0.923 bits per heavy atom. The van der Waals surface area contributed by atoms with Crippen LogP contribution in [0.4, 0.5) is 0 Å². The average Bonchev–Trinajstić information content (AvgIpc) is 2.06. The fourth-order valence-electron chi connectivity index (χ4n) is 0.285. The lowest BCUT2D eigenvalue weighted by molar-refractivity contribution is -0.134. The van der Waals surface area contributed by atoms with Crippen LogP contribution in [0.2, 0.25) is 0 Å². The topological polar surface area (TPSA) is 68.3 Å². The number of Topliss-reactive ketones (excluding diaryl/α,β-unsaturated/α-hetero) is 2. The van der Waals surface area contributed by atoms with Crippen molar-refractivity contribution in [1.82, 2.24) is 0 Å². The van der Waals surface area contributed by atoms with Crippen LogP contribution in [0.1, 0.15) is 33.1 Å². The Kier molecular flexibility index (Phi) is 11.7. The van der Waals surface area contributed by atoms with Gasteiger partial charge in [-0.05, 0) is 6.42 Å². The van der Waals surface area contributed by atoms with Crippen LogP contribution in [0.25, 0.3) is 0 Å². The number of unbranched alkanes of at least 4 members (excludes halogenated alkanes) is 2. The molecule has 0 spiro atoms. The van der Waals surface area contributed by atoms with E-state index < -0.39 is 0 Å². The van der Waals surface area contributed by atoms with E-state index in [4.69, 9.17) is 0 Å². The van der Waals surface area contributed by atoms with Crippen molar-refractivity contribution in [1.29, 1.82) is 0 Å². The molecular formula is C9H14O4. The summed E-state index contributed by atoms with van der Waals surface area (Å²) in [4.78, 5) is 38.7. The summed E-state index contributed by atoms with van der Waals surface area (Å²) in [6, 6.07) is 0. The molecule has 0 bridgehead atoms. The van der Waals surface area contributed by atoms with Gasteiger partial charge in [-0.15, -0.1) is 0 Å². The van der Waals surface area contributed by atoms with Crippen molar-refractivity contribution in [3.63, 3.8) is 0 Å². The summed E-state index contributed by atoms with van der Waals surface area (Å²) >= 11 is 0. The van der Waals surface area contributed by atoms with Crippen molar-refractivity contribution in [3.05, 3.63) is 0 Å². The maximum absolute atomic E-state index is 9.79. The molecule has 0 atom stereocenters. The third-order valence-corrected chi connectivity index (χ3v) is 1.14. The Morgan fingerprint density at radius 2 is 1.23 bits per heavy atom. The van der Waals surface area contributed by atoms with Crippen molar-refractivity contribution in [2.45, 2.75) is 33.1 Å². The highest BCUT2D eigenvalue weighted by atomic mass is 16.2. The fourth-order valence-corrected chi connectivity index (χ4v) is 0.285. The van der Waals surface area contributed by atoms with Gasteiger partial charge >= 0.3 is 0 Å². The summed E-state index contributed by atoms with van der Waals surface area (Å²) in [6.07, 6.45) is 3.37. The molecule has 74 valence electrons. The van der Waals surface area contributed by atoms with Gasteiger partial charge in [0.1, 0.15) is 12.6 Å². The van der Waals surface area contributed by atoms with Crippen LogP contribution in [0.5, 0.6) is 0 Å². The predicted octanol–water partition coefficient (Wildman–Crippen LogP) is 0.719. The molecule has 0 aromatic heterocycles. The standard InChI is InChI=1S/C5H8O2.C4H6O2/c6-4-2-1-3-5-7;1-3(5)4(2)6/h4-5H,1-3H2;1-2H3. The van der Waals surface area contributed by atoms with Crippen LogP contribution in [0.15, 0.2) is 0 Å². The number of rotatable bonds is 5. The molecule has 0 aromatic carbocycles. The molecule has 0 aliphatic rings. The molecule has 0 fully saturated rings. The number of carbonyl (C=O) groups is 4. The maximum Gasteiger partial charge on any atom is 0.195 e. The van der Waals surface area contributed by atoms with Crippen LogP contribution in [-0.4, -0.2) is 24.1 Å². The van der Waals surface area contributed by atoms with E-state index in [-0.39, 0.29) is 11.6 Å². The van der Waals surface area contributed by atoms with Gasteiger partial charge in [-0.2, -0.15) is 0 Å². The minimum Gasteiger partial charge on any atom is -0.303 e. The van der Waals surface area contributed by atoms with Crippen LogP contribution >= 0.6 is 0 Å². The van der Waals surface area contributed by atoms with E-state index >= 15 is 0 Å². The van der Waals surface area contributed by atoms with Crippen molar-refractivity contribution in [3.8, 4) is 0 Å². The summed E-state index contributed by atoms with van der Waals surface area (Å²) in [5, 5.41) is 0. The molecule has 0 saturated carbocycles. The highest BCUT2D eigenvalue weighted by Gasteiger charge is 1.94. The van der Waals surface area contributed by atoms with Gasteiger partial charge < -0.3 is 9.59 Å². The molecule has 4 heteroatoms. The van der Waals surface area contributed by atoms with E-state index in [1.54, 1.807) is 0 Å². The molecule has 0 rings (SSSR count). The maximum atomic E-state index is 9.79. The summed E-state index contributed by atoms with van der Waals surface area (Å²) < 4.78 is 0. The minimum absolute atomic E-state index is 0.380. The van der Waals surface area contributed by atoms with E-state index in [2.05, 4.69) is 0 Å². The van der Waals surface area contributed by atoms with E-state index in [1.165, 1.54) is 13.8 Å². The second kappa shape index (κ2) is 10.7. The molecule has 0 saturated heterocycles. The van der Waals surface area contributed by atoms with Gasteiger partial charge in [-0.1, -0.05) is 0 Å². The minimum atomic E-state index is -0.380. The zero-order chi connectivity index (χ0) is 10.7. The van der Waals surface area contributed by atoms with E-state index in [0.717, 1.165) is 12.6 Å². The van der Waals surface area contributed by atoms with Crippen LogP contribution < -0.4 is 0 Å². The van der Waals surface area contributed by atoms with Crippen molar-refractivity contribution >= 4 is 24.1 Å². The zero-order valence-corrected chi connectivity index (χ0v) is 7.91. The third kappa shape index (κ3) is 18.0. The molecule has 0 aliphatic heterocycles. The first kappa shape index (κ1) is 14.2. The Labute approximate surface area is 77.3 Å². The number of aldehydes is 2. The summed E-state index contributed by atoms with van der Waals surface area (Å²) in [7, 11) is 0. The largest absolute Gasteiger partial charge is 0.303 e. The number of hydrogen-bond acceptors (Lipinski definition) is 4. The molecule has 0 aliphatic carbocycles. The lowest BCUT2D eigenvalue weighted by Gasteiger charge is -1.78. The lowest BCUT2D eigenvalue weighted by Crippen LogP contribution is -2.01. The van der Waals surface area contributed by atoms with Crippen LogP contribution in [0.3, 0.4) is 0 Å². The van der Waals surface area contributed by atoms with Crippen LogP contribution in [-0.2, 0) is 19.2 Å². The molecule has 4 nitrogen and oxygen atoms in total. The van der Waals surface area contributed by atoms with Crippen molar-refractivity contribution in [2.24, 2.45) is 0 Å². The first-order valence-corrected chi connectivity index (χ1v) is 3.95. The van der Waals surface area contributed by atoms with Gasteiger partial charge in [-0.25, -0.2) is 0 Å². The van der Waals surface area contributed by atoms with Gasteiger partial charge in [0.25, 0.3) is 0 Å². The van der Waals surface area contributed by atoms with Gasteiger partial charge in [0.05, 0.1) is 0 Å². The molecule has 0 amide bonds. The Balaban J connectivity index is 0. The normalized spacial score (nSPS) is 7.85. The van der Waals surface area contributed by atoms with Crippen LogP contribution in [0, 0.1) is 0 Å². The summed E-state index contributed by atoms with van der Waals surface area (Å²) in [6.45, 7) is 2.50. The smallest absolute Gasteiger partial charge is 0.195 e. The lowest BCUT2D eigenvalue weighted by atomic mass is 10.3. The predicted molar refractivity (Wildman–Crippen MR) is 47.3 cm³/mol. The number of hydrogen-bond donors (Lipinski definition) is 0. The van der Waals surface area contributed by atoms with Gasteiger partial charge in [0, 0.05) is 26.7 Å². The quantitative estimate of drug-likeness (QED) is 0.360. The van der Waals surface area contributed by atoms with Gasteiger partial charge in [0.2, 0.25) is 0 Å². The molecule has 0 unspecified atom stereocenters. The highest BCUT2D eigenvalue weighted by Crippen LogP contribution is 1.85. The SMILES string of the molecule is CC(=O)C(C)=O.O=CCCCC=O. The van der Waals surface area contributed by atoms with E-state index in [0.29, 0.717) is 19.3 Å². The molecular weight excluding hydrogens is 172 g/mol. The highest BCUT2D eigenvalue weighted by molar-refractivity contribution is 6.35. The average molecular weight is 186 g/mol. The Morgan fingerprint density at radius 3 is 1.38 bits per heavy atom. The molecule has 0 aromatic rings. The van der Waals surface area contributed by atoms with E-state index in [1.807, 2.05) is 0 Å². The van der Waals surface area contributed by atoms with Gasteiger partial charge in [-0.3, -0.25) is 9.59 Å². The first-order chi connectivity index (χ1) is 6.06. The summed E-state index contributed by atoms with van der Waals surface area (Å²) in [5.74, 6) is -0.759.